The molecule has 7 heteroatoms. The zero-order valence-corrected chi connectivity index (χ0v) is 14.6. The molecular formula is C19H20N4O3. The van der Waals surface area contributed by atoms with Gasteiger partial charge in [0, 0.05) is 38.8 Å². The van der Waals surface area contributed by atoms with Gasteiger partial charge in [-0.15, -0.1) is 0 Å². The van der Waals surface area contributed by atoms with Crippen LogP contribution in [0.2, 0.25) is 0 Å². The van der Waals surface area contributed by atoms with Crippen molar-refractivity contribution in [3.63, 3.8) is 0 Å². The SMILES string of the molecule is Cn1cnc2cc(C(=O)N3CCCN(C(=O)c4ccco4)CC3)ccc21. The molecule has 0 spiro atoms. The second kappa shape index (κ2) is 6.67. The predicted molar refractivity (Wildman–Crippen MR) is 95.8 cm³/mol. The summed E-state index contributed by atoms with van der Waals surface area (Å²) in [7, 11) is 1.93. The number of benzene rings is 1. The number of hydrogen-bond donors (Lipinski definition) is 0. The average molecular weight is 352 g/mol. The molecule has 4 rings (SSSR count). The largest absolute Gasteiger partial charge is 0.459 e. The lowest BCUT2D eigenvalue weighted by molar-refractivity contribution is 0.0700. The maximum absolute atomic E-state index is 12.9. The number of imidazole rings is 1. The summed E-state index contributed by atoms with van der Waals surface area (Å²) in [6.07, 6.45) is 3.97. The van der Waals surface area contributed by atoms with E-state index < -0.39 is 0 Å². The first kappa shape index (κ1) is 16.4. The van der Waals surface area contributed by atoms with Gasteiger partial charge < -0.3 is 18.8 Å². The third-order valence-electron chi connectivity index (χ3n) is 4.77. The highest BCUT2D eigenvalue weighted by Gasteiger charge is 2.24. The van der Waals surface area contributed by atoms with E-state index in [2.05, 4.69) is 4.98 Å². The first-order valence-corrected chi connectivity index (χ1v) is 8.66. The molecule has 0 unspecified atom stereocenters. The van der Waals surface area contributed by atoms with Gasteiger partial charge in [-0.25, -0.2) is 4.98 Å². The van der Waals surface area contributed by atoms with Crippen LogP contribution in [0.25, 0.3) is 11.0 Å². The van der Waals surface area contributed by atoms with Gasteiger partial charge in [0.25, 0.3) is 11.8 Å². The zero-order valence-electron chi connectivity index (χ0n) is 14.6. The fourth-order valence-corrected chi connectivity index (χ4v) is 3.33. The Kier molecular flexibility index (Phi) is 4.20. The Morgan fingerprint density at radius 2 is 1.81 bits per heavy atom. The van der Waals surface area contributed by atoms with E-state index in [4.69, 9.17) is 4.42 Å². The molecule has 0 bridgehead atoms. The maximum atomic E-state index is 12.9. The summed E-state index contributed by atoms with van der Waals surface area (Å²) < 4.78 is 7.12. The molecular weight excluding hydrogens is 332 g/mol. The van der Waals surface area contributed by atoms with Crippen molar-refractivity contribution >= 4 is 22.8 Å². The van der Waals surface area contributed by atoms with Crippen molar-refractivity contribution in [2.75, 3.05) is 26.2 Å². The number of aromatic nitrogens is 2. The summed E-state index contributed by atoms with van der Waals surface area (Å²) in [5.41, 5.74) is 2.43. The number of hydrogen-bond acceptors (Lipinski definition) is 4. The average Bonchev–Trinajstić information content (AvgIpc) is 3.25. The molecule has 1 saturated heterocycles. The number of rotatable bonds is 2. The Morgan fingerprint density at radius 1 is 1.04 bits per heavy atom. The van der Waals surface area contributed by atoms with Gasteiger partial charge in [-0.05, 0) is 36.8 Å². The van der Waals surface area contributed by atoms with Crippen LogP contribution < -0.4 is 0 Å². The fourth-order valence-electron chi connectivity index (χ4n) is 3.33. The lowest BCUT2D eigenvalue weighted by atomic mass is 10.1. The highest BCUT2D eigenvalue weighted by Crippen LogP contribution is 2.17. The van der Waals surface area contributed by atoms with E-state index in [1.165, 1.54) is 6.26 Å². The van der Waals surface area contributed by atoms with Crippen LogP contribution in [0.3, 0.4) is 0 Å². The van der Waals surface area contributed by atoms with Crippen LogP contribution >= 0.6 is 0 Å². The van der Waals surface area contributed by atoms with Crippen LogP contribution in [0.1, 0.15) is 27.3 Å². The third kappa shape index (κ3) is 2.96. The van der Waals surface area contributed by atoms with Gasteiger partial charge in [0.2, 0.25) is 0 Å². The van der Waals surface area contributed by atoms with Crippen molar-refractivity contribution in [3.8, 4) is 0 Å². The summed E-state index contributed by atoms with van der Waals surface area (Å²) in [5.74, 6) is 0.189. The molecule has 0 atom stereocenters. The van der Waals surface area contributed by atoms with Crippen LogP contribution in [-0.4, -0.2) is 57.3 Å². The van der Waals surface area contributed by atoms with Gasteiger partial charge in [-0.2, -0.15) is 0 Å². The van der Waals surface area contributed by atoms with Crippen molar-refractivity contribution in [3.05, 3.63) is 54.2 Å². The van der Waals surface area contributed by atoms with Gasteiger partial charge in [0.1, 0.15) is 0 Å². The number of carbonyl (C=O) groups is 2. The smallest absolute Gasteiger partial charge is 0.289 e. The van der Waals surface area contributed by atoms with Gasteiger partial charge >= 0.3 is 0 Å². The van der Waals surface area contributed by atoms with Crippen molar-refractivity contribution in [2.45, 2.75) is 6.42 Å². The molecule has 0 saturated carbocycles. The molecule has 7 nitrogen and oxygen atoms in total. The second-order valence-corrected chi connectivity index (χ2v) is 6.47. The topological polar surface area (TPSA) is 71.6 Å². The molecule has 0 radical (unpaired) electrons. The monoisotopic (exact) mass is 352 g/mol. The summed E-state index contributed by atoms with van der Waals surface area (Å²) in [4.78, 5) is 33.2. The van der Waals surface area contributed by atoms with Gasteiger partial charge in [-0.1, -0.05) is 0 Å². The van der Waals surface area contributed by atoms with Gasteiger partial charge in [0.05, 0.1) is 23.6 Å². The van der Waals surface area contributed by atoms with Crippen LogP contribution in [-0.2, 0) is 7.05 Å². The molecule has 0 N–H and O–H groups in total. The highest BCUT2D eigenvalue weighted by molar-refractivity contribution is 5.97. The van der Waals surface area contributed by atoms with Crippen LogP contribution in [0.5, 0.6) is 0 Å². The second-order valence-electron chi connectivity index (χ2n) is 6.47. The molecule has 1 aromatic carbocycles. The standard InChI is InChI=1S/C19H20N4O3/c1-21-13-20-15-12-14(5-6-16(15)21)18(24)22-7-3-8-23(10-9-22)19(25)17-4-2-11-26-17/h2,4-6,11-13H,3,7-10H2,1H3. The molecule has 1 aliphatic heterocycles. The summed E-state index contributed by atoms with van der Waals surface area (Å²) >= 11 is 0. The minimum Gasteiger partial charge on any atom is -0.459 e. The number of carbonyl (C=O) groups excluding carboxylic acids is 2. The lowest BCUT2D eigenvalue weighted by Gasteiger charge is -2.21. The maximum Gasteiger partial charge on any atom is 0.289 e. The Morgan fingerprint density at radius 3 is 2.54 bits per heavy atom. The van der Waals surface area contributed by atoms with E-state index in [9.17, 15) is 9.59 Å². The van der Waals surface area contributed by atoms with Crippen molar-refractivity contribution in [1.29, 1.82) is 0 Å². The lowest BCUT2D eigenvalue weighted by Crippen LogP contribution is -2.37. The number of amides is 2. The zero-order chi connectivity index (χ0) is 18.1. The van der Waals surface area contributed by atoms with Crippen molar-refractivity contribution < 1.29 is 14.0 Å². The van der Waals surface area contributed by atoms with Crippen LogP contribution in [0.4, 0.5) is 0 Å². The van der Waals surface area contributed by atoms with E-state index in [1.54, 1.807) is 28.3 Å². The molecule has 0 aliphatic carbocycles. The quantitative estimate of drug-likeness (QED) is 0.708. The summed E-state index contributed by atoms with van der Waals surface area (Å²) in [6.45, 7) is 2.24. The summed E-state index contributed by atoms with van der Waals surface area (Å²) in [6, 6.07) is 8.95. The molecule has 1 aliphatic rings. The molecule has 2 aromatic heterocycles. The first-order chi connectivity index (χ1) is 12.6. The highest BCUT2D eigenvalue weighted by atomic mass is 16.3. The van der Waals surface area contributed by atoms with E-state index in [0.29, 0.717) is 37.5 Å². The number of furan rings is 1. The number of nitrogens with zero attached hydrogens (tertiary/aromatic N) is 4. The number of aryl methyl sites for hydroxylation is 1. The number of fused-ring (bicyclic) bond motifs is 1. The van der Waals surface area contributed by atoms with Crippen molar-refractivity contribution in [1.82, 2.24) is 19.4 Å². The Balaban J connectivity index is 1.47. The van der Waals surface area contributed by atoms with E-state index in [0.717, 1.165) is 17.5 Å². The molecule has 26 heavy (non-hydrogen) atoms. The molecule has 3 aromatic rings. The van der Waals surface area contributed by atoms with Crippen LogP contribution in [0.15, 0.2) is 47.3 Å². The Hall–Kier alpha value is -3.09. The molecule has 134 valence electrons. The summed E-state index contributed by atoms with van der Waals surface area (Å²) in [5, 5.41) is 0. The normalized spacial score (nSPS) is 15.3. The third-order valence-corrected chi connectivity index (χ3v) is 4.77. The molecule has 2 amide bonds. The van der Waals surface area contributed by atoms with Crippen LogP contribution in [0, 0.1) is 0 Å². The van der Waals surface area contributed by atoms with Crippen molar-refractivity contribution in [2.24, 2.45) is 7.05 Å². The van der Waals surface area contributed by atoms with Gasteiger partial charge in [-0.3, -0.25) is 9.59 Å². The fraction of sp³-hybridized carbons (Fsp3) is 0.316. The first-order valence-electron chi connectivity index (χ1n) is 8.66. The van der Waals surface area contributed by atoms with E-state index in [-0.39, 0.29) is 11.8 Å². The Labute approximate surface area is 150 Å². The Bertz CT molecular complexity index is 945. The predicted octanol–water partition coefficient (Wildman–Crippen LogP) is 2.15. The van der Waals surface area contributed by atoms with Gasteiger partial charge in [0.15, 0.2) is 5.76 Å². The molecule has 1 fully saturated rings. The van der Waals surface area contributed by atoms with E-state index >= 15 is 0 Å². The van der Waals surface area contributed by atoms with E-state index in [1.807, 2.05) is 29.8 Å². The minimum atomic E-state index is -0.126. The minimum absolute atomic E-state index is 0.0233. The molecule has 3 heterocycles.